The van der Waals surface area contributed by atoms with Crippen molar-refractivity contribution in [3.8, 4) is 11.1 Å². The number of likely N-dealkylation sites (tertiary alicyclic amines) is 2. The third-order valence-electron chi connectivity index (χ3n) is 20.4. The lowest BCUT2D eigenvalue weighted by Crippen LogP contribution is -2.50. The molecule has 0 radical (unpaired) electrons. The van der Waals surface area contributed by atoms with Crippen LogP contribution in [-0.4, -0.2) is 195 Å². The van der Waals surface area contributed by atoms with Crippen LogP contribution in [-0.2, 0) is 55.4 Å². The molecular formula is C76H89F7N8O8. The molecule has 4 aliphatic rings. The minimum absolute atomic E-state index is 0.0281. The zero-order chi connectivity index (χ0) is 70.7. The lowest BCUT2D eigenvalue weighted by molar-refractivity contribution is -0.143. The van der Waals surface area contributed by atoms with Crippen LogP contribution >= 0.6 is 0 Å². The highest BCUT2D eigenvalue weighted by molar-refractivity contribution is 5.96. The molecule has 3 fully saturated rings. The first kappa shape index (κ1) is 73.5. The maximum absolute atomic E-state index is 14.3. The number of carboxylic acid groups (broad SMARTS) is 1. The molecule has 1 N–H and O–H groups in total. The van der Waals surface area contributed by atoms with E-state index in [0.29, 0.717) is 120 Å². The first-order chi connectivity index (χ1) is 47.3. The number of amides is 5. The number of rotatable bonds is 27. The fraction of sp³-hybridized carbons (Fsp3) is 0.461. The van der Waals surface area contributed by atoms with Crippen molar-refractivity contribution in [3.63, 3.8) is 0 Å². The normalized spacial score (nSPS) is 18.2. The van der Waals surface area contributed by atoms with Gasteiger partial charge in [0.1, 0.15) is 24.8 Å². The number of ether oxygens (including phenoxy) is 2. The van der Waals surface area contributed by atoms with Gasteiger partial charge in [0.15, 0.2) is 0 Å². The van der Waals surface area contributed by atoms with Crippen molar-refractivity contribution < 1.29 is 69.3 Å². The highest BCUT2D eigenvalue weighted by Gasteiger charge is 2.50. The predicted octanol–water partition coefficient (Wildman–Crippen LogP) is 12.9. The van der Waals surface area contributed by atoms with Crippen LogP contribution in [0.25, 0.3) is 11.1 Å². The summed E-state index contributed by atoms with van der Waals surface area (Å²) >= 11 is 0. The SMILES string of the molecule is CN(CCCCCC(=O)N(C)CCN1CCC(N(C(=O)O)c2ccccc2-c2ccccc2)CC1)Cc1cccc(C(=O)N(C)CCCN(C)C(=O)CO[C@H]2Cc3ccccc3C23CCN(CC[C@@]2(c4ccc(F)cc4)CN(C(=O)c4cc(C(F)(F)F)cc(C(F)(F)F)c4)CO2)CC3)c1. The van der Waals surface area contributed by atoms with Gasteiger partial charge < -0.3 is 48.9 Å². The number of benzene rings is 6. The van der Waals surface area contributed by atoms with Crippen molar-refractivity contribution in [1.82, 2.24) is 34.3 Å². The summed E-state index contributed by atoms with van der Waals surface area (Å²) < 4.78 is 110. The number of para-hydroxylation sites is 1. The van der Waals surface area contributed by atoms with Gasteiger partial charge in [-0.15, -0.1) is 0 Å². The number of nitrogens with zero attached hydrogens (tertiary/aromatic N) is 8. The molecule has 6 aromatic rings. The average molecular weight is 1380 g/mol. The molecule has 6 aromatic carbocycles. The number of alkyl halides is 6. The second-order valence-electron chi connectivity index (χ2n) is 27.0. The van der Waals surface area contributed by atoms with Gasteiger partial charge in [-0.2, -0.15) is 26.3 Å². The molecule has 23 heteroatoms. The maximum Gasteiger partial charge on any atom is 0.416 e. The van der Waals surface area contributed by atoms with E-state index < -0.39 is 64.6 Å². The van der Waals surface area contributed by atoms with Crippen molar-refractivity contribution in [2.45, 2.75) is 113 Å². The number of anilines is 1. The molecule has 1 aliphatic carbocycles. The van der Waals surface area contributed by atoms with Crippen LogP contribution in [0.1, 0.15) is 118 Å². The molecule has 3 aliphatic heterocycles. The highest BCUT2D eigenvalue weighted by atomic mass is 19.4. The molecule has 16 nitrogen and oxygen atoms in total. The summed E-state index contributed by atoms with van der Waals surface area (Å²) in [5.41, 5.74) is 1.24. The average Bonchev–Trinajstić information content (AvgIpc) is 1.58. The van der Waals surface area contributed by atoms with Gasteiger partial charge in [0.05, 0.1) is 29.5 Å². The molecular weight excluding hydrogens is 1290 g/mol. The van der Waals surface area contributed by atoms with E-state index in [4.69, 9.17) is 9.47 Å². The Morgan fingerprint density at radius 1 is 0.636 bits per heavy atom. The fourth-order valence-corrected chi connectivity index (χ4v) is 14.6. The van der Waals surface area contributed by atoms with Crippen LogP contribution in [0.2, 0.25) is 0 Å². The van der Waals surface area contributed by atoms with Crippen LogP contribution in [0, 0.1) is 5.82 Å². The molecule has 1 spiro atoms. The van der Waals surface area contributed by atoms with Crippen LogP contribution in [0.5, 0.6) is 0 Å². The molecule has 530 valence electrons. The lowest BCUT2D eigenvalue weighted by atomic mass is 9.72. The zero-order valence-corrected chi connectivity index (χ0v) is 56.7. The van der Waals surface area contributed by atoms with Crippen molar-refractivity contribution in [3.05, 3.63) is 196 Å². The van der Waals surface area contributed by atoms with E-state index in [1.165, 1.54) is 29.2 Å². The topological polar surface area (TPSA) is 150 Å². The third kappa shape index (κ3) is 18.2. The first-order valence-electron chi connectivity index (χ1n) is 34.1. The number of fused-ring (bicyclic) bond motifs is 2. The Balaban J connectivity index is 0.624. The minimum Gasteiger partial charge on any atom is -0.465 e. The predicted molar refractivity (Wildman–Crippen MR) is 363 cm³/mol. The van der Waals surface area contributed by atoms with E-state index in [1.807, 2.05) is 105 Å². The standard InChI is InChI=1S/C76H89F7N8O8/c1-84(35-14-6-9-25-68(92)86(3)43-44-88-38-30-63(31-39-88)91(72(96)97)66-24-13-11-22-64(66)55-18-7-5-8-19-55)50-54-17-15-21-57(45-54)70(94)87(4)37-16-36-85(2)69(93)51-98-67-48-56-20-10-12-23-65(56)73(67)32-40-89(41-33-73)42-34-74(59-26-28-62(77)29-27-59)52-90(53-99-74)71(95)58-46-60(75(78,79)80)49-61(47-58)76(81,82)83/h5,7-8,10-13,15,17-24,26-29,45-47,49,63,67H,6,9,14,16,25,30-44,48,50-53H2,1-4H3,(H,96,97)/t67-,74-/m0/s1. The Labute approximate surface area is 574 Å². The molecule has 0 aromatic heterocycles. The van der Waals surface area contributed by atoms with Crippen molar-refractivity contribution in [2.24, 2.45) is 0 Å². The monoisotopic (exact) mass is 1370 g/mol. The van der Waals surface area contributed by atoms with Crippen LogP contribution in [0.3, 0.4) is 0 Å². The molecule has 2 atom stereocenters. The highest BCUT2D eigenvalue weighted by Crippen LogP contribution is 2.49. The number of likely N-dealkylation sites (N-methyl/N-ethyl adjacent to an activating group) is 2. The van der Waals surface area contributed by atoms with Crippen LogP contribution in [0.4, 0.5) is 41.2 Å². The van der Waals surface area contributed by atoms with Gasteiger partial charge in [0, 0.05) is 108 Å². The quantitative estimate of drug-likeness (QED) is 0.0388. The second kappa shape index (κ2) is 32.4. The zero-order valence-electron chi connectivity index (χ0n) is 56.7. The first-order valence-corrected chi connectivity index (χ1v) is 34.1. The number of carbonyl (C=O) groups is 5. The molecule has 0 unspecified atom stereocenters. The number of hydrogen-bond donors (Lipinski definition) is 1. The van der Waals surface area contributed by atoms with Crippen LogP contribution in [0.15, 0.2) is 146 Å². The van der Waals surface area contributed by atoms with Crippen molar-refractivity contribution >= 4 is 35.4 Å². The maximum atomic E-state index is 14.3. The Kier molecular flexibility index (Phi) is 24.1. The lowest BCUT2D eigenvalue weighted by Gasteiger charge is -2.44. The summed E-state index contributed by atoms with van der Waals surface area (Å²) in [5.74, 6) is -1.81. The summed E-state index contributed by atoms with van der Waals surface area (Å²) in [6.07, 6.45) is -4.36. The summed E-state index contributed by atoms with van der Waals surface area (Å²) in [6, 6.07) is 39.4. The van der Waals surface area contributed by atoms with Gasteiger partial charge in [0.25, 0.3) is 11.8 Å². The number of unbranched alkanes of at least 4 members (excludes halogenated alkanes) is 2. The minimum atomic E-state index is -5.15. The molecule has 10 rings (SSSR count). The van der Waals surface area contributed by atoms with E-state index in [2.05, 4.69) is 26.8 Å². The van der Waals surface area contributed by atoms with E-state index in [1.54, 1.807) is 28.8 Å². The molecule has 99 heavy (non-hydrogen) atoms. The number of hydrogen-bond acceptors (Lipinski definition) is 10. The summed E-state index contributed by atoms with van der Waals surface area (Å²) in [4.78, 5) is 81.5. The number of halogens is 7. The van der Waals surface area contributed by atoms with E-state index >= 15 is 0 Å². The smallest absolute Gasteiger partial charge is 0.416 e. The number of piperidine rings is 2. The number of carbonyl (C=O) groups excluding carboxylic acids is 4. The molecule has 0 bridgehead atoms. The van der Waals surface area contributed by atoms with Crippen molar-refractivity contribution in [2.75, 3.05) is 118 Å². The fourth-order valence-electron chi connectivity index (χ4n) is 14.6. The van der Waals surface area contributed by atoms with Crippen LogP contribution < -0.4 is 4.90 Å². The Morgan fingerprint density at radius 2 is 1.28 bits per heavy atom. The van der Waals surface area contributed by atoms with Gasteiger partial charge in [-0.25, -0.2) is 9.18 Å². The summed E-state index contributed by atoms with van der Waals surface area (Å²) in [6.45, 7) is 5.94. The Hall–Kier alpha value is -8.22. The second-order valence-corrected chi connectivity index (χ2v) is 27.0. The van der Waals surface area contributed by atoms with Gasteiger partial charge in [-0.3, -0.25) is 24.1 Å². The third-order valence-corrected chi connectivity index (χ3v) is 20.4. The Morgan fingerprint density at radius 3 is 1.98 bits per heavy atom. The van der Waals surface area contributed by atoms with Gasteiger partial charge >= 0.3 is 18.4 Å². The summed E-state index contributed by atoms with van der Waals surface area (Å²) in [7, 11) is 7.37. The van der Waals surface area contributed by atoms with Gasteiger partial charge in [0.2, 0.25) is 11.8 Å². The van der Waals surface area contributed by atoms with E-state index in [0.717, 1.165) is 78.2 Å². The Bertz CT molecular complexity index is 3720. The summed E-state index contributed by atoms with van der Waals surface area (Å²) in [5, 5.41) is 10.4. The van der Waals surface area contributed by atoms with Crippen molar-refractivity contribution in [1.29, 1.82) is 0 Å². The molecule has 3 saturated heterocycles. The van der Waals surface area contributed by atoms with E-state index in [9.17, 15) is 59.8 Å². The van der Waals surface area contributed by atoms with Gasteiger partial charge in [-0.1, -0.05) is 103 Å². The van der Waals surface area contributed by atoms with E-state index in [-0.39, 0.29) is 55.5 Å². The molecule has 3 heterocycles. The molecule has 0 saturated carbocycles. The molecule has 5 amide bonds. The largest absolute Gasteiger partial charge is 0.465 e. The van der Waals surface area contributed by atoms with Gasteiger partial charge in [-0.05, 0) is 161 Å².